The molecule has 1 aliphatic rings. The number of rotatable bonds is 5. The Hall–Kier alpha value is -0.250. The molecule has 18 heavy (non-hydrogen) atoms. The van der Waals surface area contributed by atoms with Gasteiger partial charge in [0.05, 0.1) is 16.4 Å². The first-order valence-electron chi connectivity index (χ1n) is 6.61. The average molecular weight is 290 g/mol. The smallest absolute Gasteiger partial charge is 0.0860 e. The highest BCUT2D eigenvalue weighted by molar-refractivity contribution is 6.31. The van der Waals surface area contributed by atoms with E-state index in [1.165, 1.54) is 25.7 Å². The van der Waals surface area contributed by atoms with E-state index in [2.05, 4.69) is 10.00 Å². The highest BCUT2D eigenvalue weighted by atomic mass is 35.5. The molecule has 1 heterocycles. The van der Waals surface area contributed by atoms with Crippen LogP contribution in [0.3, 0.4) is 0 Å². The molecule has 0 atom stereocenters. The van der Waals surface area contributed by atoms with Gasteiger partial charge in [-0.3, -0.25) is 9.58 Å². The Bertz CT molecular complexity index is 397. The largest absolute Gasteiger partial charge is 0.293 e. The summed E-state index contributed by atoms with van der Waals surface area (Å²) in [4.78, 5) is 2.46. The van der Waals surface area contributed by atoms with E-state index < -0.39 is 0 Å². The van der Waals surface area contributed by atoms with Gasteiger partial charge in [-0.2, -0.15) is 5.10 Å². The molecule has 0 radical (unpaired) electrons. The third-order valence-electron chi connectivity index (χ3n) is 3.83. The molecule has 1 fully saturated rings. The first-order chi connectivity index (χ1) is 8.63. The fourth-order valence-corrected chi connectivity index (χ4v) is 3.25. The fraction of sp³-hybridized carbons (Fsp3) is 0.769. The van der Waals surface area contributed by atoms with Crippen LogP contribution in [0.5, 0.6) is 0 Å². The minimum atomic E-state index is 0.662. The number of hydrogen-bond acceptors (Lipinski definition) is 2. The van der Waals surface area contributed by atoms with Crippen LogP contribution in [0, 0.1) is 6.92 Å². The quantitative estimate of drug-likeness (QED) is 0.775. The normalized spacial score (nSPS) is 16.9. The van der Waals surface area contributed by atoms with E-state index >= 15 is 0 Å². The first-order valence-corrected chi connectivity index (χ1v) is 7.52. The van der Waals surface area contributed by atoms with E-state index in [9.17, 15) is 0 Å². The van der Waals surface area contributed by atoms with E-state index in [-0.39, 0.29) is 0 Å². The van der Waals surface area contributed by atoms with Gasteiger partial charge in [0.2, 0.25) is 0 Å². The van der Waals surface area contributed by atoms with Crippen LogP contribution in [-0.4, -0.2) is 33.1 Å². The molecule has 2 rings (SSSR count). The summed E-state index contributed by atoms with van der Waals surface area (Å²) in [5.41, 5.74) is 2.01. The van der Waals surface area contributed by atoms with Crippen LogP contribution in [-0.2, 0) is 13.6 Å². The van der Waals surface area contributed by atoms with Crippen LogP contribution in [0.1, 0.15) is 37.1 Å². The fourth-order valence-electron chi connectivity index (χ4n) is 2.81. The Morgan fingerprint density at radius 1 is 1.39 bits per heavy atom. The number of halogens is 2. The van der Waals surface area contributed by atoms with Gasteiger partial charge in [-0.1, -0.05) is 24.4 Å². The highest BCUT2D eigenvalue weighted by Crippen LogP contribution is 2.27. The summed E-state index contributed by atoms with van der Waals surface area (Å²) < 4.78 is 1.90. The molecule has 0 bridgehead atoms. The molecular weight excluding hydrogens is 269 g/mol. The van der Waals surface area contributed by atoms with E-state index in [0.717, 1.165) is 29.5 Å². The molecule has 3 nitrogen and oxygen atoms in total. The summed E-state index contributed by atoms with van der Waals surface area (Å²) in [6.07, 6.45) is 5.24. The topological polar surface area (TPSA) is 21.1 Å². The highest BCUT2D eigenvalue weighted by Gasteiger charge is 2.24. The Balaban J connectivity index is 2.12. The molecule has 0 N–H and O–H groups in total. The first kappa shape index (κ1) is 14.2. The van der Waals surface area contributed by atoms with Crippen LogP contribution >= 0.6 is 23.2 Å². The predicted octanol–water partition coefficient (Wildman–Crippen LogP) is 3.37. The number of hydrogen-bond donors (Lipinski definition) is 0. The maximum atomic E-state index is 6.32. The van der Waals surface area contributed by atoms with E-state index in [1.807, 2.05) is 18.7 Å². The summed E-state index contributed by atoms with van der Waals surface area (Å²) in [7, 11) is 1.96. The van der Waals surface area contributed by atoms with E-state index in [0.29, 0.717) is 11.9 Å². The summed E-state index contributed by atoms with van der Waals surface area (Å²) in [6, 6.07) is 0.662. The monoisotopic (exact) mass is 289 g/mol. The molecule has 0 aliphatic heterocycles. The zero-order valence-electron chi connectivity index (χ0n) is 11.1. The van der Waals surface area contributed by atoms with Crippen molar-refractivity contribution >= 4 is 23.2 Å². The van der Waals surface area contributed by atoms with Crippen molar-refractivity contribution in [2.75, 3.05) is 12.4 Å². The summed E-state index contributed by atoms with van der Waals surface area (Å²) in [5.74, 6) is 0.672. The van der Waals surface area contributed by atoms with Crippen molar-refractivity contribution in [3.63, 3.8) is 0 Å². The number of alkyl halides is 1. The maximum absolute atomic E-state index is 6.32. The zero-order chi connectivity index (χ0) is 13.1. The van der Waals surface area contributed by atoms with Crippen LogP contribution in [0.25, 0.3) is 0 Å². The summed E-state index contributed by atoms with van der Waals surface area (Å²) in [5, 5.41) is 5.18. The second-order valence-corrected chi connectivity index (χ2v) is 5.82. The molecule has 1 aromatic rings. The Morgan fingerprint density at radius 3 is 2.56 bits per heavy atom. The third-order valence-corrected chi connectivity index (χ3v) is 4.49. The molecule has 1 aliphatic carbocycles. The number of nitrogens with zero attached hydrogens (tertiary/aromatic N) is 3. The minimum Gasteiger partial charge on any atom is -0.293 e. The van der Waals surface area contributed by atoms with Crippen molar-refractivity contribution in [2.24, 2.45) is 7.05 Å². The molecule has 1 saturated carbocycles. The standard InChI is InChI=1S/C13H21Cl2N3/c1-10-13(15)12(17(2)16-10)9-18(8-7-14)11-5-3-4-6-11/h11H,3-9H2,1-2H3. The number of aryl methyl sites for hydroxylation is 2. The second kappa shape index (κ2) is 6.27. The molecule has 5 heteroatoms. The van der Waals surface area contributed by atoms with Crippen LogP contribution in [0.4, 0.5) is 0 Å². The zero-order valence-corrected chi connectivity index (χ0v) is 12.6. The van der Waals surface area contributed by atoms with Gasteiger partial charge in [-0.25, -0.2) is 0 Å². The molecule has 0 spiro atoms. The van der Waals surface area contributed by atoms with Gasteiger partial charge in [0.15, 0.2) is 0 Å². The molecule has 102 valence electrons. The van der Waals surface area contributed by atoms with E-state index in [1.54, 1.807) is 0 Å². The van der Waals surface area contributed by atoms with E-state index in [4.69, 9.17) is 23.2 Å². The van der Waals surface area contributed by atoms with Crippen molar-refractivity contribution in [3.05, 3.63) is 16.4 Å². The molecule has 0 amide bonds. The molecule has 1 aromatic heterocycles. The molecule has 0 unspecified atom stereocenters. The average Bonchev–Trinajstić information content (AvgIpc) is 2.93. The van der Waals surface area contributed by atoms with Gasteiger partial charge in [0.1, 0.15) is 0 Å². The lowest BCUT2D eigenvalue weighted by Crippen LogP contribution is -2.35. The Kier molecular flexibility index (Phi) is 4.93. The van der Waals surface area contributed by atoms with Crippen molar-refractivity contribution < 1.29 is 0 Å². The van der Waals surface area contributed by atoms with Gasteiger partial charge in [0, 0.05) is 32.1 Å². The minimum absolute atomic E-state index is 0.662. The second-order valence-electron chi connectivity index (χ2n) is 5.07. The van der Waals surface area contributed by atoms with Crippen molar-refractivity contribution in [3.8, 4) is 0 Å². The van der Waals surface area contributed by atoms with Crippen LogP contribution in [0.15, 0.2) is 0 Å². The Labute approximate surface area is 119 Å². The summed E-state index contributed by atoms with van der Waals surface area (Å²) in [6.45, 7) is 3.73. The van der Waals surface area contributed by atoms with Crippen molar-refractivity contribution in [1.82, 2.24) is 14.7 Å². The van der Waals surface area contributed by atoms with Gasteiger partial charge < -0.3 is 0 Å². The van der Waals surface area contributed by atoms with Crippen LogP contribution in [0.2, 0.25) is 5.02 Å². The maximum Gasteiger partial charge on any atom is 0.0860 e. The van der Waals surface area contributed by atoms with Gasteiger partial charge >= 0.3 is 0 Å². The van der Waals surface area contributed by atoms with Gasteiger partial charge in [0.25, 0.3) is 0 Å². The van der Waals surface area contributed by atoms with Gasteiger partial charge in [-0.05, 0) is 19.8 Å². The third kappa shape index (κ3) is 3.01. The molecule has 0 saturated heterocycles. The number of aromatic nitrogens is 2. The van der Waals surface area contributed by atoms with Crippen molar-refractivity contribution in [1.29, 1.82) is 0 Å². The van der Waals surface area contributed by atoms with Crippen LogP contribution < -0.4 is 0 Å². The SMILES string of the molecule is Cc1nn(C)c(CN(CCCl)C2CCCC2)c1Cl. The lowest BCUT2D eigenvalue weighted by molar-refractivity contribution is 0.196. The lowest BCUT2D eigenvalue weighted by atomic mass is 10.2. The molecular formula is C13H21Cl2N3. The Morgan fingerprint density at radius 2 is 2.06 bits per heavy atom. The molecule has 0 aromatic carbocycles. The predicted molar refractivity (Wildman–Crippen MR) is 76.3 cm³/mol. The van der Waals surface area contributed by atoms with Crippen molar-refractivity contribution in [2.45, 2.75) is 45.2 Å². The summed E-state index contributed by atoms with van der Waals surface area (Å²) >= 11 is 12.3. The lowest BCUT2D eigenvalue weighted by Gasteiger charge is -2.28. The van der Waals surface area contributed by atoms with Gasteiger partial charge in [-0.15, -0.1) is 11.6 Å².